The summed E-state index contributed by atoms with van der Waals surface area (Å²) in [5.74, 6) is 0.453. The number of ether oxygens (including phenoxy) is 1. The highest BCUT2D eigenvalue weighted by Crippen LogP contribution is 2.36. The van der Waals surface area contributed by atoms with Crippen molar-refractivity contribution >= 4 is 5.91 Å². The van der Waals surface area contributed by atoms with Gasteiger partial charge < -0.3 is 20.1 Å². The summed E-state index contributed by atoms with van der Waals surface area (Å²) in [6.07, 6.45) is 4.27. The molecule has 1 saturated carbocycles. The zero-order valence-corrected chi connectivity index (χ0v) is 18.9. The molecule has 0 spiro atoms. The third-order valence-electron chi connectivity index (χ3n) is 6.97. The fourth-order valence-corrected chi connectivity index (χ4v) is 4.98. The number of nitrogens with zero attached hydrogens (tertiary/aromatic N) is 1. The van der Waals surface area contributed by atoms with Crippen LogP contribution in [-0.4, -0.2) is 48.3 Å². The molecule has 2 aromatic rings. The maximum absolute atomic E-state index is 13.7. The van der Waals surface area contributed by atoms with Gasteiger partial charge in [-0.25, -0.2) is 4.39 Å². The second-order valence-electron chi connectivity index (χ2n) is 9.13. The van der Waals surface area contributed by atoms with Gasteiger partial charge in [0.25, 0.3) is 5.91 Å². The van der Waals surface area contributed by atoms with Crippen molar-refractivity contribution in [3.8, 4) is 5.75 Å². The van der Waals surface area contributed by atoms with E-state index in [0.29, 0.717) is 37.9 Å². The van der Waals surface area contributed by atoms with E-state index in [2.05, 4.69) is 24.4 Å². The van der Waals surface area contributed by atoms with Crippen LogP contribution in [0.15, 0.2) is 42.5 Å². The molecule has 172 valence electrons. The Kier molecular flexibility index (Phi) is 7.11. The number of carbonyl (C=O) groups is 1. The van der Waals surface area contributed by atoms with Gasteiger partial charge in [0.2, 0.25) is 0 Å². The van der Waals surface area contributed by atoms with Gasteiger partial charge in [0, 0.05) is 30.7 Å². The van der Waals surface area contributed by atoms with E-state index in [0.717, 1.165) is 30.4 Å². The highest BCUT2D eigenvalue weighted by Gasteiger charge is 2.28. The summed E-state index contributed by atoms with van der Waals surface area (Å²) in [5.41, 5.74) is 3.01. The minimum atomic E-state index is -0.343. The van der Waals surface area contributed by atoms with Crippen molar-refractivity contribution in [1.29, 1.82) is 0 Å². The lowest BCUT2D eigenvalue weighted by Crippen LogP contribution is -2.40. The Bertz CT molecular complexity index is 925. The molecule has 1 aliphatic heterocycles. The standard InChI is InChI=1S/C26H33FN2O3/c1-17(20-8-10-24(27)25(16-20)32-2)28-22-9-7-21(15-22)18-3-5-19(6-4-18)26(31)29-13-11-23(30)12-14-29/h3-6,8,10,16-17,21-23,28,30H,7,9,11-15H2,1-2H3/t17-,21-,22+/m1/s1. The molecule has 0 bridgehead atoms. The Hall–Kier alpha value is -2.44. The van der Waals surface area contributed by atoms with E-state index < -0.39 is 0 Å². The summed E-state index contributed by atoms with van der Waals surface area (Å²) in [7, 11) is 1.48. The lowest BCUT2D eigenvalue weighted by molar-refractivity contribution is 0.0546. The third-order valence-corrected chi connectivity index (χ3v) is 6.97. The van der Waals surface area contributed by atoms with E-state index in [-0.39, 0.29) is 29.6 Å². The predicted molar refractivity (Wildman–Crippen MR) is 122 cm³/mol. The quantitative estimate of drug-likeness (QED) is 0.698. The van der Waals surface area contributed by atoms with Crippen LogP contribution < -0.4 is 10.1 Å². The normalized spacial score (nSPS) is 22.7. The van der Waals surface area contributed by atoms with Crippen LogP contribution in [-0.2, 0) is 0 Å². The van der Waals surface area contributed by atoms with Gasteiger partial charge >= 0.3 is 0 Å². The molecule has 32 heavy (non-hydrogen) atoms. The second-order valence-corrected chi connectivity index (χ2v) is 9.13. The molecule has 4 rings (SSSR count). The van der Waals surface area contributed by atoms with Crippen molar-refractivity contribution in [3.63, 3.8) is 0 Å². The summed E-state index contributed by atoms with van der Waals surface area (Å²) >= 11 is 0. The molecule has 0 radical (unpaired) electrons. The average Bonchev–Trinajstić information content (AvgIpc) is 3.28. The summed E-state index contributed by atoms with van der Waals surface area (Å²) in [5, 5.41) is 13.3. The number of halogens is 1. The van der Waals surface area contributed by atoms with Crippen LogP contribution in [0.25, 0.3) is 0 Å². The fourth-order valence-electron chi connectivity index (χ4n) is 4.98. The van der Waals surface area contributed by atoms with Crippen LogP contribution in [0.5, 0.6) is 5.75 Å². The number of carbonyl (C=O) groups excluding carboxylic acids is 1. The SMILES string of the molecule is COc1cc([C@@H](C)N[C@H]2CC[C@@H](c3ccc(C(=O)N4CCC(O)CC4)cc3)C2)ccc1F. The number of benzene rings is 2. The average molecular weight is 441 g/mol. The van der Waals surface area contributed by atoms with E-state index >= 15 is 0 Å². The lowest BCUT2D eigenvalue weighted by Gasteiger charge is -2.29. The number of aliphatic hydroxyl groups excluding tert-OH is 1. The molecular formula is C26H33FN2O3. The Morgan fingerprint density at radius 2 is 1.84 bits per heavy atom. The van der Waals surface area contributed by atoms with Gasteiger partial charge in [0.05, 0.1) is 13.2 Å². The van der Waals surface area contributed by atoms with Crippen LogP contribution in [0, 0.1) is 5.82 Å². The minimum absolute atomic E-state index is 0.0537. The zero-order valence-electron chi connectivity index (χ0n) is 18.9. The smallest absolute Gasteiger partial charge is 0.253 e. The summed E-state index contributed by atoms with van der Waals surface area (Å²) in [6.45, 7) is 3.34. The summed E-state index contributed by atoms with van der Waals surface area (Å²) in [6, 6.07) is 13.6. The van der Waals surface area contributed by atoms with E-state index in [9.17, 15) is 14.3 Å². The maximum atomic E-state index is 13.7. The van der Waals surface area contributed by atoms with Crippen LogP contribution in [0.1, 0.15) is 72.5 Å². The molecule has 0 unspecified atom stereocenters. The maximum Gasteiger partial charge on any atom is 0.253 e. The first kappa shape index (κ1) is 22.7. The Morgan fingerprint density at radius 1 is 1.12 bits per heavy atom. The number of hydrogen-bond acceptors (Lipinski definition) is 4. The lowest BCUT2D eigenvalue weighted by atomic mass is 9.96. The van der Waals surface area contributed by atoms with Crippen LogP contribution in [0.3, 0.4) is 0 Å². The first-order chi connectivity index (χ1) is 15.4. The highest BCUT2D eigenvalue weighted by atomic mass is 19.1. The molecule has 2 N–H and O–H groups in total. The first-order valence-corrected chi connectivity index (χ1v) is 11.6. The van der Waals surface area contributed by atoms with Gasteiger partial charge in [-0.15, -0.1) is 0 Å². The van der Waals surface area contributed by atoms with Gasteiger partial charge in [-0.2, -0.15) is 0 Å². The largest absolute Gasteiger partial charge is 0.494 e. The number of piperidine rings is 1. The Morgan fingerprint density at radius 3 is 2.53 bits per heavy atom. The molecule has 2 fully saturated rings. The Labute approximate surface area is 189 Å². The van der Waals surface area contributed by atoms with Crippen LogP contribution in [0.2, 0.25) is 0 Å². The van der Waals surface area contributed by atoms with Crippen LogP contribution >= 0.6 is 0 Å². The van der Waals surface area contributed by atoms with Gasteiger partial charge in [-0.3, -0.25) is 4.79 Å². The summed E-state index contributed by atoms with van der Waals surface area (Å²) in [4.78, 5) is 14.6. The number of aliphatic hydroxyl groups is 1. The van der Waals surface area contributed by atoms with E-state index in [1.54, 1.807) is 12.1 Å². The van der Waals surface area contributed by atoms with E-state index in [4.69, 9.17) is 4.74 Å². The molecule has 1 amide bonds. The van der Waals surface area contributed by atoms with Gasteiger partial charge in [-0.1, -0.05) is 18.2 Å². The fraction of sp³-hybridized carbons (Fsp3) is 0.500. The molecule has 1 heterocycles. The van der Waals surface area contributed by atoms with Crippen molar-refractivity contribution in [1.82, 2.24) is 10.2 Å². The minimum Gasteiger partial charge on any atom is -0.494 e. The van der Waals surface area contributed by atoms with Crippen LogP contribution in [0.4, 0.5) is 4.39 Å². The summed E-state index contributed by atoms with van der Waals surface area (Å²) < 4.78 is 18.8. The molecular weight excluding hydrogens is 407 g/mol. The number of methoxy groups -OCH3 is 1. The molecule has 3 atom stereocenters. The molecule has 0 aromatic heterocycles. The van der Waals surface area contributed by atoms with Crippen molar-refractivity contribution in [2.75, 3.05) is 20.2 Å². The molecule has 2 aromatic carbocycles. The molecule has 2 aliphatic rings. The van der Waals surface area contributed by atoms with Crippen molar-refractivity contribution in [2.45, 2.75) is 63.1 Å². The highest BCUT2D eigenvalue weighted by molar-refractivity contribution is 5.94. The molecule has 1 aliphatic carbocycles. The Balaban J connectivity index is 1.32. The zero-order chi connectivity index (χ0) is 22.7. The van der Waals surface area contributed by atoms with Crippen molar-refractivity contribution < 1.29 is 19.0 Å². The topological polar surface area (TPSA) is 61.8 Å². The van der Waals surface area contributed by atoms with Crippen molar-refractivity contribution in [3.05, 3.63) is 65.0 Å². The predicted octanol–water partition coefficient (Wildman–Crippen LogP) is 4.42. The number of hydrogen-bond donors (Lipinski definition) is 2. The molecule has 6 heteroatoms. The van der Waals surface area contributed by atoms with Gasteiger partial charge in [-0.05, 0) is 80.3 Å². The number of likely N-dealkylation sites (tertiary alicyclic amines) is 1. The van der Waals surface area contributed by atoms with Crippen molar-refractivity contribution in [2.24, 2.45) is 0 Å². The number of amides is 1. The monoisotopic (exact) mass is 440 g/mol. The molecule has 1 saturated heterocycles. The second kappa shape index (κ2) is 10.0. The third kappa shape index (κ3) is 5.13. The van der Waals surface area contributed by atoms with E-state index in [1.807, 2.05) is 17.0 Å². The first-order valence-electron chi connectivity index (χ1n) is 11.6. The number of rotatable bonds is 6. The molecule has 5 nitrogen and oxygen atoms in total. The number of nitrogens with one attached hydrogen (secondary N) is 1. The van der Waals surface area contributed by atoms with E-state index in [1.165, 1.54) is 18.7 Å². The van der Waals surface area contributed by atoms with Gasteiger partial charge in [0.15, 0.2) is 11.6 Å². The van der Waals surface area contributed by atoms with Gasteiger partial charge in [0.1, 0.15) is 0 Å².